The van der Waals surface area contributed by atoms with Crippen molar-refractivity contribution in [3.05, 3.63) is 0 Å². The predicted octanol–water partition coefficient (Wildman–Crippen LogP) is 1.12. The minimum atomic E-state index is -3.02. The van der Waals surface area contributed by atoms with Gasteiger partial charge in [0.2, 0.25) is 0 Å². The van der Waals surface area contributed by atoms with Crippen molar-refractivity contribution >= 4 is 39.8 Å². The third kappa shape index (κ3) is 4.25. The quantitative estimate of drug-likeness (QED) is 0.401. The zero-order valence-corrected chi connectivity index (χ0v) is 17.0. The minimum Gasteiger partial charge on any atom is -0.380 e. The second kappa shape index (κ2) is 7.21. The average Bonchev–Trinajstić information content (AvgIpc) is 2.36. The molecule has 2 aliphatic rings. The molecule has 130 valence electrons. The summed E-state index contributed by atoms with van der Waals surface area (Å²) in [7, 11) is -3.02. The normalized spacial score (nSPS) is 25.8. The molecule has 0 unspecified atom stereocenters. The van der Waals surface area contributed by atoms with Gasteiger partial charge in [0.25, 0.3) is 0 Å². The van der Waals surface area contributed by atoms with Crippen LogP contribution >= 0.6 is 24.0 Å². The van der Waals surface area contributed by atoms with E-state index in [1.807, 2.05) is 6.92 Å². The molecule has 0 atom stereocenters. The summed E-state index contributed by atoms with van der Waals surface area (Å²) in [6.45, 7) is 11.7. The first-order chi connectivity index (χ1) is 9.69. The molecule has 0 saturated carbocycles. The fraction of sp³-hybridized carbons (Fsp3) is 0.929. The molecule has 0 amide bonds. The molecule has 2 rings (SSSR count). The van der Waals surface area contributed by atoms with Gasteiger partial charge in [0.15, 0.2) is 15.8 Å². The third-order valence-corrected chi connectivity index (χ3v) is 6.72. The van der Waals surface area contributed by atoms with Gasteiger partial charge >= 0.3 is 0 Å². The summed E-state index contributed by atoms with van der Waals surface area (Å²) in [4.78, 5) is 6.76. The Morgan fingerprint density at radius 2 is 1.95 bits per heavy atom. The highest BCUT2D eigenvalue weighted by Crippen LogP contribution is 2.27. The van der Waals surface area contributed by atoms with Crippen molar-refractivity contribution in [2.75, 3.05) is 45.1 Å². The lowest BCUT2D eigenvalue weighted by Crippen LogP contribution is -2.57. The molecule has 0 radical (unpaired) electrons. The Balaban J connectivity index is 0.00000242. The maximum atomic E-state index is 12.1. The van der Waals surface area contributed by atoms with Crippen molar-refractivity contribution < 1.29 is 13.2 Å². The Hall–Kier alpha value is -0.0900. The predicted molar refractivity (Wildman–Crippen MR) is 99.8 cm³/mol. The maximum Gasteiger partial charge on any atom is 0.194 e. The molecule has 0 aromatic rings. The van der Waals surface area contributed by atoms with Crippen LogP contribution < -0.4 is 5.32 Å². The van der Waals surface area contributed by atoms with E-state index in [0.717, 1.165) is 25.7 Å². The molecular formula is C14H28IN3O3S. The van der Waals surface area contributed by atoms with Crippen LogP contribution in [-0.4, -0.2) is 69.2 Å². The van der Waals surface area contributed by atoms with Gasteiger partial charge in [0, 0.05) is 25.0 Å². The maximum absolute atomic E-state index is 12.1. The van der Waals surface area contributed by atoms with Gasteiger partial charge in [-0.25, -0.2) is 8.42 Å². The molecule has 22 heavy (non-hydrogen) atoms. The van der Waals surface area contributed by atoms with E-state index in [1.165, 1.54) is 0 Å². The van der Waals surface area contributed by atoms with Gasteiger partial charge in [-0.3, -0.25) is 4.99 Å². The Bertz CT molecular complexity index is 515. The van der Waals surface area contributed by atoms with Crippen LogP contribution in [-0.2, 0) is 14.6 Å². The first-order valence-corrected chi connectivity index (χ1v) is 9.18. The molecular weight excluding hydrogens is 417 g/mol. The van der Waals surface area contributed by atoms with Crippen LogP contribution in [0.3, 0.4) is 0 Å². The van der Waals surface area contributed by atoms with Crippen molar-refractivity contribution in [1.82, 2.24) is 10.2 Å². The van der Waals surface area contributed by atoms with Crippen molar-refractivity contribution in [2.24, 2.45) is 10.4 Å². The van der Waals surface area contributed by atoms with E-state index in [9.17, 15) is 8.42 Å². The summed E-state index contributed by atoms with van der Waals surface area (Å²) >= 11 is 0. The molecule has 0 aromatic carbocycles. The number of nitrogens with one attached hydrogen (secondary N) is 1. The van der Waals surface area contributed by atoms with Gasteiger partial charge in [0.1, 0.15) is 0 Å². The number of rotatable bonds is 3. The highest BCUT2D eigenvalue weighted by molar-refractivity contribution is 14.0. The van der Waals surface area contributed by atoms with Crippen LogP contribution in [0.1, 0.15) is 27.7 Å². The van der Waals surface area contributed by atoms with Gasteiger partial charge in [-0.15, -0.1) is 24.0 Å². The van der Waals surface area contributed by atoms with Crippen LogP contribution in [0.2, 0.25) is 0 Å². The van der Waals surface area contributed by atoms with Gasteiger partial charge in [-0.1, -0.05) is 6.92 Å². The van der Waals surface area contributed by atoms with Crippen LogP contribution in [0, 0.1) is 5.41 Å². The number of ether oxygens (including phenoxy) is 1. The lowest BCUT2D eigenvalue weighted by molar-refractivity contribution is -0.0946. The Labute approximate surface area is 151 Å². The average molecular weight is 445 g/mol. The SMILES string of the molecule is CCNC(=NCC1(C)COC1)N1CCS(=O)(=O)C(C)(C)C1.I. The molecule has 0 bridgehead atoms. The molecule has 2 aliphatic heterocycles. The lowest BCUT2D eigenvalue weighted by atomic mass is 9.89. The second-order valence-corrected chi connectivity index (χ2v) is 9.72. The van der Waals surface area contributed by atoms with Crippen molar-refractivity contribution in [1.29, 1.82) is 0 Å². The Morgan fingerprint density at radius 1 is 1.32 bits per heavy atom. The molecule has 2 saturated heterocycles. The number of hydrogen-bond acceptors (Lipinski definition) is 4. The summed E-state index contributed by atoms with van der Waals surface area (Å²) in [5.41, 5.74) is 0.123. The number of hydrogen-bond donors (Lipinski definition) is 1. The molecule has 1 N–H and O–H groups in total. The molecule has 0 aromatic heterocycles. The summed E-state index contributed by atoms with van der Waals surface area (Å²) in [6, 6.07) is 0. The summed E-state index contributed by atoms with van der Waals surface area (Å²) < 4.78 is 28.7. The van der Waals surface area contributed by atoms with Crippen LogP contribution in [0.5, 0.6) is 0 Å². The Kier molecular flexibility index (Phi) is 6.54. The van der Waals surface area contributed by atoms with E-state index in [4.69, 9.17) is 9.73 Å². The van der Waals surface area contributed by atoms with Crippen LogP contribution in [0.4, 0.5) is 0 Å². The third-order valence-electron chi connectivity index (χ3n) is 4.19. The largest absolute Gasteiger partial charge is 0.380 e. The van der Waals surface area contributed by atoms with E-state index in [1.54, 1.807) is 13.8 Å². The van der Waals surface area contributed by atoms with Crippen molar-refractivity contribution in [3.63, 3.8) is 0 Å². The van der Waals surface area contributed by atoms with Gasteiger partial charge in [-0.05, 0) is 20.8 Å². The molecule has 0 aliphatic carbocycles. The number of halogens is 1. The van der Waals surface area contributed by atoms with E-state index in [0.29, 0.717) is 19.6 Å². The molecule has 0 spiro atoms. The van der Waals surface area contributed by atoms with Crippen LogP contribution in [0.15, 0.2) is 4.99 Å². The zero-order valence-electron chi connectivity index (χ0n) is 13.9. The first kappa shape index (κ1) is 20.0. The van der Waals surface area contributed by atoms with Gasteiger partial charge < -0.3 is 15.0 Å². The van der Waals surface area contributed by atoms with E-state index in [-0.39, 0.29) is 35.1 Å². The molecule has 2 fully saturated rings. The lowest BCUT2D eigenvalue weighted by Gasteiger charge is -2.40. The monoisotopic (exact) mass is 445 g/mol. The highest BCUT2D eigenvalue weighted by atomic mass is 127. The zero-order chi connectivity index (χ0) is 15.7. The fourth-order valence-electron chi connectivity index (χ4n) is 2.56. The summed E-state index contributed by atoms with van der Waals surface area (Å²) in [5.74, 6) is 0.999. The highest BCUT2D eigenvalue weighted by Gasteiger charge is 2.41. The summed E-state index contributed by atoms with van der Waals surface area (Å²) in [5, 5.41) is 3.28. The topological polar surface area (TPSA) is 71.0 Å². The number of guanidine groups is 1. The standard InChI is InChI=1S/C14H27N3O3S.HI/c1-5-15-12(16-8-14(4)10-20-11-14)17-6-7-21(18,19)13(2,3)9-17;/h5-11H2,1-4H3,(H,15,16);1H. The van der Waals surface area contributed by atoms with Crippen molar-refractivity contribution in [2.45, 2.75) is 32.4 Å². The number of sulfone groups is 1. The fourth-order valence-corrected chi connectivity index (χ4v) is 3.92. The summed E-state index contributed by atoms with van der Waals surface area (Å²) in [6.07, 6.45) is 0. The van der Waals surface area contributed by atoms with Crippen LogP contribution in [0.25, 0.3) is 0 Å². The molecule has 6 nitrogen and oxygen atoms in total. The molecule has 2 heterocycles. The first-order valence-electron chi connectivity index (χ1n) is 7.52. The van der Waals surface area contributed by atoms with Gasteiger partial charge in [-0.2, -0.15) is 0 Å². The van der Waals surface area contributed by atoms with Gasteiger partial charge in [0.05, 0.1) is 30.3 Å². The smallest absolute Gasteiger partial charge is 0.194 e. The van der Waals surface area contributed by atoms with E-state index < -0.39 is 14.6 Å². The molecule has 8 heteroatoms. The van der Waals surface area contributed by atoms with E-state index >= 15 is 0 Å². The van der Waals surface area contributed by atoms with E-state index in [2.05, 4.69) is 17.1 Å². The minimum absolute atomic E-state index is 0. The number of nitrogens with zero attached hydrogens (tertiary/aromatic N) is 2. The second-order valence-electron chi connectivity index (χ2n) is 6.97. The van der Waals surface area contributed by atoms with Crippen molar-refractivity contribution in [3.8, 4) is 0 Å². The Morgan fingerprint density at radius 3 is 2.41 bits per heavy atom. The number of aliphatic imine (C=N–C) groups is 1.